The number of rotatable bonds is 1. The van der Waals surface area contributed by atoms with Crippen molar-refractivity contribution in [2.45, 2.75) is 13.8 Å². The molecule has 0 bridgehead atoms. The molecule has 0 aromatic rings. The van der Waals surface area contributed by atoms with Gasteiger partial charge in [0.25, 0.3) is 0 Å². The first-order chi connectivity index (χ1) is 3.18. The molecule has 0 heterocycles. The van der Waals surface area contributed by atoms with Crippen LogP contribution in [0.25, 0.3) is 0 Å². The quantitative estimate of drug-likeness (QED) is 0.527. The molecule has 0 rings (SSSR count). The monoisotopic (exact) mass is 158 g/mol. The van der Waals surface area contributed by atoms with Crippen LogP contribution in [0.3, 0.4) is 0 Å². The molecule has 0 aromatic heterocycles. The molecule has 8 heavy (non-hydrogen) atoms. The third kappa shape index (κ3) is 5.79. The zero-order chi connectivity index (χ0) is 5.86. The van der Waals surface area contributed by atoms with Gasteiger partial charge in [-0.05, 0) is 6.26 Å². The number of carbonyl (C=O) groups excluding carboxylic acids is 1. The summed E-state index contributed by atoms with van der Waals surface area (Å²) < 4.78 is 0. The van der Waals surface area contributed by atoms with Crippen molar-refractivity contribution in [2.24, 2.45) is 5.92 Å². The summed E-state index contributed by atoms with van der Waals surface area (Å²) in [5.74, 6) is 0.190. The van der Waals surface area contributed by atoms with Gasteiger partial charge in [-0.2, -0.15) is 0 Å². The van der Waals surface area contributed by atoms with E-state index in [2.05, 4.69) is 0 Å². The molecule has 0 aliphatic heterocycles. The van der Waals surface area contributed by atoms with Gasteiger partial charge in [-0.1, -0.05) is 25.6 Å². The van der Waals surface area contributed by atoms with E-state index in [-0.39, 0.29) is 62.4 Å². The normalized spacial score (nSPS) is 8.50. The van der Waals surface area contributed by atoms with Crippen LogP contribution in [-0.4, -0.2) is 62.8 Å². The molecule has 0 saturated carbocycles. The maximum atomic E-state index is 10.5. The summed E-state index contributed by atoms with van der Waals surface area (Å²) in [6, 6.07) is 0. The molecule has 44 valence electrons. The van der Waals surface area contributed by atoms with E-state index < -0.39 is 0 Å². The SMILES string of the molecule is CSC(=O)C(C)C.[KH]. The molecule has 1 nitrogen and oxygen atoms in total. The summed E-state index contributed by atoms with van der Waals surface area (Å²) in [5, 5.41) is 0.264. The van der Waals surface area contributed by atoms with Crippen LogP contribution in [0.15, 0.2) is 0 Å². The Hall–Kier alpha value is 1.66. The Balaban J connectivity index is 0. The summed E-state index contributed by atoms with van der Waals surface area (Å²) in [6.45, 7) is 3.80. The van der Waals surface area contributed by atoms with E-state index >= 15 is 0 Å². The summed E-state index contributed by atoms with van der Waals surface area (Å²) >= 11 is 1.29. The number of thioether (sulfide) groups is 1. The van der Waals surface area contributed by atoms with Crippen LogP contribution in [0, 0.1) is 5.92 Å². The van der Waals surface area contributed by atoms with Crippen LogP contribution in [-0.2, 0) is 4.79 Å². The molecular weight excluding hydrogens is 147 g/mol. The van der Waals surface area contributed by atoms with Crippen molar-refractivity contribution >= 4 is 68.3 Å². The second-order valence-corrected chi connectivity index (χ2v) is 2.49. The van der Waals surface area contributed by atoms with E-state index in [0.29, 0.717) is 0 Å². The third-order valence-electron chi connectivity index (χ3n) is 0.673. The van der Waals surface area contributed by atoms with E-state index in [1.54, 1.807) is 0 Å². The van der Waals surface area contributed by atoms with Gasteiger partial charge in [-0.15, -0.1) is 0 Å². The van der Waals surface area contributed by atoms with Gasteiger partial charge < -0.3 is 0 Å². The number of carbonyl (C=O) groups is 1. The molecular formula is C5H11KOS. The van der Waals surface area contributed by atoms with E-state index in [0.717, 1.165) is 0 Å². The van der Waals surface area contributed by atoms with Crippen molar-refractivity contribution in [1.29, 1.82) is 0 Å². The third-order valence-corrected chi connectivity index (χ3v) is 1.55. The van der Waals surface area contributed by atoms with Crippen LogP contribution in [0.2, 0.25) is 0 Å². The Morgan fingerprint density at radius 1 is 1.50 bits per heavy atom. The predicted molar refractivity (Wildman–Crippen MR) is 40.5 cm³/mol. The van der Waals surface area contributed by atoms with Crippen molar-refractivity contribution in [2.75, 3.05) is 6.26 Å². The summed E-state index contributed by atoms with van der Waals surface area (Å²) in [5.41, 5.74) is 0. The van der Waals surface area contributed by atoms with Crippen LogP contribution in [0.5, 0.6) is 0 Å². The van der Waals surface area contributed by atoms with Crippen molar-refractivity contribution < 1.29 is 4.79 Å². The Labute approximate surface area is 97.4 Å². The fraction of sp³-hybridized carbons (Fsp3) is 0.800. The van der Waals surface area contributed by atoms with E-state index in [1.807, 2.05) is 20.1 Å². The topological polar surface area (TPSA) is 17.1 Å². The second-order valence-electron chi connectivity index (χ2n) is 1.68. The first-order valence-electron chi connectivity index (χ1n) is 2.26. The molecule has 0 aromatic carbocycles. The Morgan fingerprint density at radius 2 is 1.88 bits per heavy atom. The molecule has 0 aliphatic carbocycles. The minimum absolute atomic E-state index is 0. The maximum absolute atomic E-state index is 10.5. The second kappa shape index (κ2) is 6.77. The van der Waals surface area contributed by atoms with Crippen LogP contribution < -0.4 is 0 Å². The van der Waals surface area contributed by atoms with Gasteiger partial charge in [-0.25, -0.2) is 0 Å². The van der Waals surface area contributed by atoms with Gasteiger partial charge in [0.05, 0.1) is 0 Å². The van der Waals surface area contributed by atoms with E-state index in [4.69, 9.17) is 0 Å². The minimum atomic E-state index is 0. The average molecular weight is 158 g/mol. The summed E-state index contributed by atoms with van der Waals surface area (Å²) in [4.78, 5) is 10.5. The van der Waals surface area contributed by atoms with Crippen LogP contribution in [0.1, 0.15) is 13.8 Å². The zero-order valence-electron chi connectivity index (χ0n) is 4.89. The Kier molecular flexibility index (Phi) is 10.4. The molecule has 0 unspecified atom stereocenters. The fourth-order valence-corrected chi connectivity index (χ4v) is 0.707. The summed E-state index contributed by atoms with van der Waals surface area (Å²) in [7, 11) is 0. The Bertz CT molecular complexity index is 72.8. The average Bonchev–Trinajstić information content (AvgIpc) is 1.65. The molecule has 0 aliphatic rings. The van der Waals surface area contributed by atoms with Gasteiger partial charge in [0.2, 0.25) is 0 Å². The van der Waals surface area contributed by atoms with E-state index in [9.17, 15) is 4.79 Å². The summed E-state index contributed by atoms with van der Waals surface area (Å²) in [6.07, 6.45) is 1.81. The predicted octanol–water partition coefficient (Wildman–Crippen LogP) is 0.883. The van der Waals surface area contributed by atoms with Crippen molar-refractivity contribution in [1.82, 2.24) is 0 Å². The Morgan fingerprint density at radius 3 is 1.88 bits per heavy atom. The van der Waals surface area contributed by atoms with Gasteiger partial charge in [-0.3, -0.25) is 4.79 Å². The molecule has 0 radical (unpaired) electrons. The molecule has 0 N–H and O–H groups in total. The first kappa shape index (κ1) is 12.3. The zero-order valence-corrected chi connectivity index (χ0v) is 5.71. The molecule has 0 amide bonds. The molecule has 0 atom stereocenters. The van der Waals surface area contributed by atoms with Gasteiger partial charge >= 0.3 is 51.4 Å². The fourth-order valence-electron chi connectivity index (χ4n) is 0.236. The first-order valence-corrected chi connectivity index (χ1v) is 3.48. The molecule has 0 fully saturated rings. The van der Waals surface area contributed by atoms with Crippen LogP contribution >= 0.6 is 11.8 Å². The molecule has 0 saturated heterocycles. The number of hydrogen-bond acceptors (Lipinski definition) is 2. The standard InChI is InChI=1S/C5H10OS.K.H/c1-4(2)5(6)7-3;;/h4H,1-3H3;;. The molecule has 0 spiro atoms. The number of hydrogen-bond donors (Lipinski definition) is 0. The van der Waals surface area contributed by atoms with Crippen molar-refractivity contribution in [3.8, 4) is 0 Å². The van der Waals surface area contributed by atoms with Crippen molar-refractivity contribution in [3.63, 3.8) is 0 Å². The van der Waals surface area contributed by atoms with Gasteiger partial charge in [0, 0.05) is 5.92 Å². The van der Waals surface area contributed by atoms with Crippen molar-refractivity contribution in [3.05, 3.63) is 0 Å². The molecule has 3 heteroatoms. The van der Waals surface area contributed by atoms with Crippen LogP contribution in [0.4, 0.5) is 0 Å². The van der Waals surface area contributed by atoms with Gasteiger partial charge in [0.15, 0.2) is 5.12 Å². The van der Waals surface area contributed by atoms with Gasteiger partial charge in [0.1, 0.15) is 0 Å². The van der Waals surface area contributed by atoms with E-state index in [1.165, 1.54) is 11.8 Å².